The summed E-state index contributed by atoms with van der Waals surface area (Å²) in [7, 11) is 0. The second kappa shape index (κ2) is 10.4. The fourth-order valence-electron chi connectivity index (χ4n) is 5.13. The van der Waals surface area contributed by atoms with Crippen molar-refractivity contribution in [1.82, 2.24) is 0 Å². The van der Waals surface area contributed by atoms with Crippen molar-refractivity contribution in [3.8, 4) is 0 Å². The molecule has 0 saturated heterocycles. The van der Waals surface area contributed by atoms with Crippen LogP contribution in [0.4, 0.5) is 0 Å². The predicted octanol–water partition coefficient (Wildman–Crippen LogP) is 6.12. The van der Waals surface area contributed by atoms with Crippen molar-refractivity contribution in [1.29, 1.82) is 0 Å². The molecule has 0 bridgehead atoms. The van der Waals surface area contributed by atoms with Gasteiger partial charge in [-0.05, 0) is 37.0 Å². The summed E-state index contributed by atoms with van der Waals surface area (Å²) in [6, 6.07) is 0. The molecule has 138 valence electrons. The second-order valence-corrected chi connectivity index (χ2v) is 8.56. The Labute approximate surface area is 149 Å². The standard InChI is InChI=1S/C22H38O2/c1-3-4-9-17(2)16-19(23)12-8-15-22(24)21-14-7-11-18-10-5-6-13-20(18)21/h17-18,20-21H,3-16H2,1-2H3. The molecule has 0 aliphatic heterocycles. The van der Waals surface area contributed by atoms with Crippen molar-refractivity contribution in [2.45, 2.75) is 104 Å². The largest absolute Gasteiger partial charge is 0.300 e. The lowest BCUT2D eigenvalue weighted by atomic mass is 9.64. The van der Waals surface area contributed by atoms with Crippen LogP contribution in [0, 0.1) is 23.7 Å². The highest BCUT2D eigenvalue weighted by Gasteiger charge is 2.37. The third-order valence-corrected chi connectivity index (χ3v) is 6.49. The number of unbranched alkanes of at least 4 members (excludes halogenated alkanes) is 1. The van der Waals surface area contributed by atoms with E-state index in [4.69, 9.17) is 0 Å². The van der Waals surface area contributed by atoms with Crippen LogP contribution >= 0.6 is 0 Å². The quantitative estimate of drug-likeness (QED) is 0.482. The van der Waals surface area contributed by atoms with Crippen molar-refractivity contribution in [3.63, 3.8) is 0 Å². The van der Waals surface area contributed by atoms with E-state index in [1.165, 1.54) is 51.4 Å². The van der Waals surface area contributed by atoms with Gasteiger partial charge in [0.25, 0.3) is 0 Å². The highest BCUT2D eigenvalue weighted by atomic mass is 16.1. The molecule has 0 N–H and O–H groups in total. The Kier molecular flexibility index (Phi) is 8.49. The summed E-state index contributed by atoms with van der Waals surface area (Å²) in [5.74, 6) is 3.16. The summed E-state index contributed by atoms with van der Waals surface area (Å²) in [4.78, 5) is 24.8. The lowest BCUT2D eigenvalue weighted by Gasteiger charge is -2.40. The first-order valence-electron chi connectivity index (χ1n) is 10.7. The van der Waals surface area contributed by atoms with E-state index in [0.29, 0.717) is 48.6 Å². The van der Waals surface area contributed by atoms with Gasteiger partial charge in [-0.25, -0.2) is 0 Å². The number of ketones is 2. The first-order chi connectivity index (χ1) is 11.6. The maximum Gasteiger partial charge on any atom is 0.136 e. The van der Waals surface area contributed by atoms with Gasteiger partial charge < -0.3 is 0 Å². The molecule has 0 aromatic rings. The Morgan fingerprint density at radius 2 is 1.71 bits per heavy atom. The van der Waals surface area contributed by atoms with Gasteiger partial charge in [0.15, 0.2) is 0 Å². The molecule has 4 atom stereocenters. The molecule has 0 amide bonds. The Balaban J connectivity index is 1.68. The van der Waals surface area contributed by atoms with Gasteiger partial charge >= 0.3 is 0 Å². The monoisotopic (exact) mass is 334 g/mol. The fraction of sp³-hybridized carbons (Fsp3) is 0.909. The van der Waals surface area contributed by atoms with E-state index in [1.807, 2.05) is 0 Å². The third kappa shape index (κ3) is 6.01. The number of carbonyl (C=O) groups excluding carboxylic acids is 2. The molecule has 0 aromatic carbocycles. The normalized spacial score (nSPS) is 28.2. The minimum atomic E-state index is 0.322. The first kappa shape index (κ1) is 19.7. The summed E-state index contributed by atoms with van der Waals surface area (Å²) in [6.45, 7) is 4.38. The van der Waals surface area contributed by atoms with Gasteiger partial charge in [-0.2, -0.15) is 0 Å². The molecule has 2 heteroatoms. The highest BCUT2D eigenvalue weighted by Crippen LogP contribution is 2.44. The van der Waals surface area contributed by atoms with Crippen LogP contribution < -0.4 is 0 Å². The van der Waals surface area contributed by atoms with Crippen LogP contribution in [-0.2, 0) is 9.59 Å². The molecular formula is C22H38O2. The number of hydrogen-bond donors (Lipinski definition) is 0. The van der Waals surface area contributed by atoms with Crippen LogP contribution in [0.15, 0.2) is 0 Å². The summed E-state index contributed by atoms with van der Waals surface area (Å²) in [5, 5.41) is 0. The van der Waals surface area contributed by atoms with Gasteiger partial charge in [0, 0.05) is 25.2 Å². The van der Waals surface area contributed by atoms with Gasteiger partial charge in [0.1, 0.15) is 11.6 Å². The zero-order valence-electron chi connectivity index (χ0n) is 16.0. The molecule has 2 fully saturated rings. The second-order valence-electron chi connectivity index (χ2n) is 8.56. The smallest absolute Gasteiger partial charge is 0.136 e. The Morgan fingerprint density at radius 1 is 0.958 bits per heavy atom. The van der Waals surface area contributed by atoms with Crippen molar-refractivity contribution in [2.24, 2.45) is 23.7 Å². The van der Waals surface area contributed by atoms with Crippen molar-refractivity contribution >= 4 is 11.6 Å². The average molecular weight is 335 g/mol. The van der Waals surface area contributed by atoms with Crippen molar-refractivity contribution in [2.75, 3.05) is 0 Å². The van der Waals surface area contributed by atoms with Crippen LogP contribution in [0.25, 0.3) is 0 Å². The minimum absolute atomic E-state index is 0.322. The zero-order valence-corrected chi connectivity index (χ0v) is 16.0. The maximum atomic E-state index is 12.7. The Bertz CT molecular complexity index is 399. The van der Waals surface area contributed by atoms with E-state index in [1.54, 1.807) is 0 Å². The van der Waals surface area contributed by atoms with Crippen molar-refractivity contribution in [3.05, 3.63) is 0 Å². The van der Waals surface area contributed by atoms with E-state index in [2.05, 4.69) is 13.8 Å². The van der Waals surface area contributed by atoms with Gasteiger partial charge in [0.2, 0.25) is 0 Å². The van der Waals surface area contributed by atoms with E-state index >= 15 is 0 Å². The fourth-order valence-corrected chi connectivity index (χ4v) is 5.13. The Morgan fingerprint density at radius 3 is 2.50 bits per heavy atom. The molecule has 0 radical (unpaired) electrons. The summed E-state index contributed by atoms with van der Waals surface area (Å²) < 4.78 is 0. The summed E-state index contributed by atoms with van der Waals surface area (Å²) in [5.41, 5.74) is 0. The number of fused-ring (bicyclic) bond motifs is 1. The molecule has 2 aliphatic rings. The maximum absolute atomic E-state index is 12.7. The minimum Gasteiger partial charge on any atom is -0.300 e. The lowest BCUT2D eigenvalue weighted by molar-refractivity contribution is -0.127. The number of hydrogen-bond acceptors (Lipinski definition) is 2. The number of Topliss-reactive ketones (excluding diaryl/α,β-unsaturated/α-hetero) is 2. The van der Waals surface area contributed by atoms with E-state index < -0.39 is 0 Å². The van der Waals surface area contributed by atoms with Crippen LogP contribution in [0.5, 0.6) is 0 Å². The SMILES string of the molecule is CCCCC(C)CC(=O)CCCC(=O)C1CCCC2CCCCC21. The van der Waals surface area contributed by atoms with Gasteiger partial charge in [-0.3, -0.25) is 9.59 Å². The number of rotatable bonds is 10. The van der Waals surface area contributed by atoms with Gasteiger partial charge in [-0.1, -0.05) is 65.2 Å². The molecule has 24 heavy (non-hydrogen) atoms. The van der Waals surface area contributed by atoms with Crippen LogP contribution in [0.1, 0.15) is 104 Å². The molecule has 4 unspecified atom stereocenters. The topological polar surface area (TPSA) is 34.1 Å². The van der Waals surface area contributed by atoms with E-state index in [9.17, 15) is 9.59 Å². The summed E-state index contributed by atoms with van der Waals surface area (Å²) in [6.07, 6.45) is 15.3. The molecule has 0 spiro atoms. The van der Waals surface area contributed by atoms with E-state index in [-0.39, 0.29) is 0 Å². The molecule has 0 aromatic heterocycles. The predicted molar refractivity (Wildman–Crippen MR) is 100.0 cm³/mol. The Hall–Kier alpha value is -0.660. The molecule has 2 aliphatic carbocycles. The third-order valence-electron chi connectivity index (χ3n) is 6.49. The molecule has 2 rings (SSSR count). The zero-order chi connectivity index (χ0) is 17.4. The molecular weight excluding hydrogens is 296 g/mol. The molecule has 2 nitrogen and oxygen atoms in total. The van der Waals surface area contributed by atoms with E-state index in [0.717, 1.165) is 25.2 Å². The molecule has 0 heterocycles. The lowest BCUT2D eigenvalue weighted by Crippen LogP contribution is -2.35. The van der Waals surface area contributed by atoms with Crippen LogP contribution in [0.3, 0.4) is 0 Å². The average Bonchev–Trinajstić information content (AvgIpc) is 2.59. The van der Waals surface area contributed by atoms with Gasteiger partial charge in [0.05, 0.1) is 0 Å². The number of carbonyl (C=O) groups is 2. The van der Waals surface area contributed by atoms with Gasteiger partial charge in [-0.15, -0.1) is 0 Å². The summed E-state index contributed by atoms with van der Waals surface area (Å²) >= 11 is 0. The van der Waals surface area contributed by atoms with Crippen LogP contribution in [-0.4, -0.2) is 11.6 Å². The highest BCUT2D eigenvalue weighted by molar-refractivity contribution is 5.83. The van der Waals surface area contributed by atoms with Crippen LogP contribution in [0.2, 0.25) is 0 Å². The van der Waals surface area contributed by atoms with Crippen molar-refractivity contribution < 1.29 is 9.59 Å². The molecule has 2 saturated carbocycles. The first-order valence-corrected chi connectivity index (χ1v) is 10.7.